The zero-order chi connectivity index (χ0) is 17.5. The first kappa shape index (κ1) is 20.2. The summed E-state index contributed by atoms with van der Waals surface area (Å²) in [6.07, 6.45) is 5.19. The van der Waals surface area contributed by atoms with Gasteiger partial charge in [0.1, 0.15) is 5.60 Å². The Labute approximate surface area is 141 Å². The maximum absolute atomic E-state index is 12.5. The van der Waals surface area contributed by atoms with Crippen molar-refractivity contribution >= 4 is 6.09 Å². The Morgan fingerprint density at radius 3 is 2.61 bits per heavy atom. The van der Waals surface area contributed by atoms with Crippen LogP contribution in [0.25, 0.3) is 0 Å². The molecule has 23 heavy (non-hydrogen) atoms. The first-order chi connectivity index (χ1) is 10.7. The predicted octanol–water partition coefficient (Wildman–Crippen LogP) is 3.16. The van der Waals surface area contributed by atoms with Gasteiger partial charge in [0.25, 0.3) is 0 Å². The maximum Gasteiger partial charge on any atom is 0.410 e. The van der Waals surface area contributed by atoms with Crippen LogP contribution in [0.15, 0.2) is 0 Å². The number of hydrogen-bond acceptors (Lipinski definition) is 4. The van der Waals surface area contributed by atoms with E-state index in [4.69, 9.17) is 9.84 Å². The summed E-state index contributed by atoms with van der Waals surface area (Å²) >= 11 is 0. The van der Waals surface area contributed by atoms with Gasteiger partial charge in [0, 0.05) is 31.8 Å². The van der Waals surface area contributed by atoms with Crippen molar-refractivity contribution in [1.82, 2.24) is 10.2 Å². The molecule has 136 valence electrons. The first-order valence-electron chi connectivity index (χ1n) is 9.06. The van der Waals surface area contributed by atoms with Gasteiger partial charge in [-0.05, 0) is 52.9 Å². The SMILES string of the molecule is CC(CO)CNC(C)CC1CCCCCN1C(=O)OC(C)(C)C. The molecule has 2 N–H and O–H groups in total. The molecule has 1 aliphatic heterocycles. The number of aliphatic hydroxyl groups is 1. The van der Waals surface area contributed by atoms with Gasteiger partial charge in [-0.1, -0.05) is 19.8 Å². The number of aliphatic hydroxyl groups excluding tert-OH is 1. The first-order valence-corrected chi connectivity index (χ1v) is 9.06. The molecule has 1 amide bonds. The monoisotopic (exact) mass is 328 g/mol. The van der Waals surface area contributed by atoms with E-state index in [2.05, 4.69) is 12.2 Å². The fourth-order valence-electron chi connectivity index (χ4n) is 2.94. The van der Waals surface area contributed by atoms with Crippen molar-refractivity contribution in [3.63, 3.8) is 0 Å². The predicted molar refractivity (Wildman–Crippen MR) is 93.5 cm³/mol. The van der Waals surface area contributed by atoms with Crippen LogP contribution in [-0.2, 0) is 4.74 Å². The zero-order valence-electron chi connectivity index (χ0n) is 15.6. The number of nitrogens with one attached hydrogen (secondary N) is 1. The van der Waals surface area contributed by atoms with Crippen LogP contribution in [0.5, 0.6) is 0 Å². The molecule has 0 aromatic rings. The third-order valence-corrected chi connectivity index (χ3v) is 4.26. The Morgan fingerprint density at radius 2 is 2.00 bits per heavy atom. The molecule has 3 unspecified atom stereocenters. The van der Waals surface area contributed by atoms with Gasteiger partial charge in [-0.2, -0.15) is 0 Å². The average Bonchev–Trinajstić information content (AvgIpc) is 2.68. The molecule has 0 aromatic carbocycles. The van der Waals surface area contributed by atoms with Crippen LogP contribution in [-0.4, -0.2) is 53.5 Å². The smallest absolute Gasteiger partial charge is 0.410 e. The summed E-state index contributed by atoms with van der Waals surface area (Å²) in [6.45, 7) is 11.7. The number of ether oxygens (including phenoxy) is 1. The van der Waals surface area contributed by atoms with Crippen LogP contribution in [0.3, 0.4) is 0 Å². The molecule has 5 nitrogen and oxygen atoms in total. The van der Waals surface area contributed by atoms with E-state index in [1.807, 2.05) is 32.6 Å². The van der Waals surface area contributed by atoms with Gasteiger partial charge in [0.05, 0.1) is 0 Å². The number of likely N-dealkylation sites (tertiary alicyclic amines) is 1. The molecule has 1 fully saturated rings. The molecule has 1 aliphatic rings. The summed E-state index contributed by atoms with van der Waals surface area (Å²) in [7, 11) is 0. The zero-order valence-corrected chi connectivity index (χ0v) is 15.6. The van der Waals surface area contributed by atoms with Gasteiger partial charge in [0.15, 0.2) is 0 Å². The van der Waals surface area contributed by atoms with E-state index in [1.54, 1.807) is 0 Å². The van der Waals surface area contributed by atoms with E-state index in [-0.39, 0.29) is 24.7 Å². The van der Waals surface area contributed by atoms with E-state index in [9.17, 15) is 4.79 Å². The van der Waals surface area contributed by atoms with Gasteiger partial charge in [-0.15, -0.1) is 0 Å². The molecule has 1 heterocycles. The third-order valence-electron chi connectivity index (χ3n) is 4.26. The minimum absolute atomic E-state index is 0.180. The van der Waals surface area contributed by atoms with E-state index in [1.165, 1.54) is 12.8 Å². The van der Waals surface area contributed by atoms with Crippen LogP contribution in [0, 0.1) is 5.92 Å². The second-order valence-corrected chi connectivity index (χ2v) is 8.01. The van der Waals surface area contributed by atoms with Gasteiger partial charge in [-0.3, -0.25) is 0 Å². The minimum atomic E-state index is -0.450. The topological polar surface area (TPSA) is 61.8 Å². The summed E-state index contributed by atoms with van der Waals surface area (Å²) in [4.78, 5) is 14.5. The molecule has 0 radical (unpaired) electrons. The quantitative estimate of drug-likeness (QED) is 0.786. The minimum Gasteiger partial charge on any atom is -0.444 e. The molecule has 0 spiro atoms. The Balaban J connectivity index is 2.61. The summed E-state index contributed by atoms with van der Waals surface area (Å²) in [5.74, 6) is 0.258. The number of carbonyl (C=O) groups is 1. The van der Waals surface area contributed by atoms with E-state index < -0.39 is 5.60 Å². The van der Waals surface area contributed by atoms with Crippen LogP contribution < -0.4 is 5.32 Å². The lowest BCUT2D eigenvalue weighted by Gasteiger charge is -2.34. The lowest BCUT2D eigenvalue weighted by molar-refractivity contribution is 0.0150. The van der Waals surface area contributed by atoms with Gasteiger partial charge in [0.2, 0.25) is 0 Å². The normalized spacial score (nSPS) is 22.3. The van der Waals surface area contributed by atoms with Crippen LogP contribution in [0.4, 0.5) is 4.79 Å². The second kappa shape index (κ2) is 9.48. The molecular weight excluding hydrogens is 292 g/mol. The average molecular weight is 328 g/mol. The molecule has 0 aliphatic carbocycles. The number of hydrogen-bond donors (Lipinski definition) is 2. The summed E-state index contributed by atoms with van der Waals surface area (Å²) in [5, 5.41) is 12.6. The van der Waals surface area contributed by atoms with Gasteiger partial charge >= 0.3 is 6.09 Å². The molecule has 1 saturated heterocycles. The van der Waals surface area contributed by atoms with Crippen LogP contribution in [0.2, 0.25) is 0 Å². The fraction of sp³-hybridized carbons (Fsp3) is 0.944. The summed E-state index contributed by atoms with van der Waals surface area (Å²) < 4.78 is 5.59. The molecule has 0 saturated carbocycles. The lowest BCUT2D eigenvalue weighted by atomic mass is 10.0. The lowest BCUT2D eigenvalue weighted by Crippen LogP contribution is -2.46. The molecule has 0 aromatic heterocycles. The number of amides is 1. The van der Waals surface area contributed by atoms with Crippen molar-refractivity contribution in [2.75, 3.05) is 19.7 Å². The highest BCUT2D eigenvalue weighted by Gasteiger charge is 2.30. The molecule has 0 bridgehead atoms. The van der Waals surface area contributed by atoms with E-state index >= 15 is 0 Å². The van der Waals surface area contributed by atoms with Crippen molar-refractivity contribution in [2.24, 2.45) is 5.92 Å². The standard InChI is InChI=1S/C18H36N2O3/c1-14(13-21)12-19-15(2)11-16-9-7-6-8-10-20(16)17(22)23-18(3,4)5/h14-16,19,21H,6-13H2,1-5H3. The summed E-state index contributed by atoms with van der Waals surface area (Å²) in [6, 6.07) is 0.552. The highest BCUT2D eigenvalue weighted by atomic mass is 16.6. The second-order valence-electron chi connectivity index (χ2n) is 8.01. The molecule has 5 heteroatoms. The molecule has 3 atom stereocenters. The molecule has 1 rings (SSSR count). The number of rotatable bonds is 6. The van der Waals surface area contributed by atoms with Crippen LogP contribution in [0.1, 0.15) is 66.7 Å². The van der Waals surface area contributed by atoms with Crippen molar-refractivity contribution in [3.8, 4) is 0 Å². The van der Waals surface area contributed by atoms with Crippen molar-refractivity contribution in [1.29, 1.82) is 0 Å². The number of nitrogens with zero attached hydrogens (tertiary/aromatic N) is 1. The highest BCUT2D eigenvalue weighted by molar-refractivity contribution is 5.68. The largest absolute Gasteiger partial charge is 0.444 e. The van der Waals surface area contributed by atoms with E-state index in [0.29, 0.717) is 6.04 Å². The van der Waals surface area contributed by atoms with Crippen molar-refractivity contribution in [2.45, 2.75) is 84.4 Å². The third kappa shape index (κ3) is 8.02. The van der Waals surface area contributed by atoms with Crippen molar-refractivity contribution < 1.29 is 14.6 Å². The fourth-order valence-corrected chi connectivity index (χ4v) is 2.94. The Bertz CT molecular complexity index is 355. The Morgan fingerprint density at radius 1 is 1.30 bits per heavy atom. The highest BCUT2D eigenvalue weighted by Crippen LogP contribution is 2.23. The number of carbonyl (C=O) groups excluding carboxylic acids is 1. The molecular formula is C18H36N2O3. The maximum atomic E-state index is 12.5. The Hall–Kier alpha value is -0.810. The Kier molecular flexibility index (Phi) is 8.34. The van der Waals surface area contributed by atoms with Crippen LogP contribution >= 0.6 is 0 Å². The van der Waals surface area contributed by atoms with Crippen molar-refractivity contribution in [3.05, 3.63) is 0 Å². The summed E-state index contributed by atoms with van der Waals surface area (Å²) in [5.41, 5.74) is -0.450. The van der Waals surface area contributed by atoms with Gasteiger partial charge < -0.3 is 20.1 Å². The van der Waals surface area contributed by atoms with E-state index in [0.717, 1.165) is 32.4 Å². The van der Waals surface area contributed by atoms with Gasteiger partial charge in [-0.25, -0.2) is 4.79 Å².